The van der Waals surface area contributed by atoms with Gasteiger partial charge in [-0.05, 0) is 49.2 Å². The third kappa shape index (κ3) is 3.40. The molecule has 0 saturated carbocycles. The maximum Gasteiger partial charge on any atom is 0.0373 e. The zero-order chi connectivity index (χ0) is 13.0. The Balaban J connectivity index is 2.19. The van der Waals surface area contributed by atoms with Crippen LogP contribution < -0.4 is 5.32 Å². The summed E-state index contributed by atoms with van der Waals surface area (Å²) in [4.78, 5) is 4.26. The molecule has 0 fully saturated rings. The standard InChI is InChI=1S/C15H17BrN2/c1-11-6-13(10-18-9-11)15(17-2)8-12-4-3-5-14(16)7-12/h3-7,9-10,15,17H,8H2,1-2H3. The molecule has 1 unspecified atom stereocenters. The first-order valence-electron chi connectivity index (χ1n) is 6.02. The lowest BCUT2D eigenvalue weighted by Gasteiger charge is -2.17. The number of benzene rings is 1. The molecule has 2 nitrogen and oxygen atoms in total. The molecule has 3 heteroatoms. The van der Waals surface area contributed by atoms with Crippen molar-refractivity contribution in [3.05, 3.63) is 63.9 Å². The fourth-order valence-electron chi connectivity index (χ4n) is 2.06. The molecule has 0 radical (unpaired) electrons. The average molecular weight is 305 g/mol. The molecule has 0 aliphatic heterocycles. The minimum atomic E-state index is 0.298. The molecule has 1 aromatic heterocycles. The second-order valence-corrected chi connectivity index (χ2v) is 5.39. The summed E-state index contributed by atoms with van der Waals surface area (Å²) < 4.78 is 1.12. The van der Waals surface area contributed by atoms with Crippen LogP contribution in [0.5, 0.6) is 0 Å². The fraction of sp³-hybridized carbons (Fsp3) is 0.267. The Labute approximate surface area is 117 Å². The third-order valence-electron chi connectivity index (χ3n) is 2.98. The van der Waals surface area contributed by atoms with Crippen molar-refractivity contribution in [2.45, 2.75) is 19.4 Å². The SMILES string of the molecule is CNC(Cc1cccc(Br)c1)c1cncc(C)c1. The Kier molecular flexibility index (Phi) is 4.50. The van der Waals surface area contributed by atoms with Gasteiger partial charge in [0.15, 0.2) is 0 Å². The van der Waals surface area contributed by atoms with Gasteiger partial charge in [0.1, 0.15) is 0 Å². The number of likely N-dealkylation sites (N-methyl/N-ethyl adjacent to an activating group) is 1. The predicted molar refractivity (Wildman–Crippen MR) is 78.6 cm³/mol. The number of nitrogens with one attached hydrogen (secondary N) is 1. The average Bonchev–Trinajstić information content (AvgIpc) is 2.36. The van der Waals surface area contributed by atoms with Crippen LogP contribution in [-0.2, 0) is 6.42 Å². The van der Waals surface area contributed by atoms with Gasteiger partial charge in [-0.2, -0.15) is 0 Å². The summed E-state index contributed by atoms with van der Waals surface area (Å²) in [6.07, 6.45) is 4.78. The van der Waals surface area contributed by atoms with E-state index in [1.165, 1.54) is 16.7 Å². The van der Waals surface area contributed by atoms with Crippen LogP contribution in [0.2, 0.25) is 0 Å². The number of rotatable bonds is 4. The van der Waals surface area contributed by atoms with Gasteiger partial charge in [0.25, 0.3) is 0 Å². The monoisotopic (exact) mass is 304 g/mol. The van der Waals surface area contributed by atoms with E-state index < -0.39 is 0 Å². The van der Waals surface area contributed by atoms with Gasteiger partial charge in [0.2, 0.25) is 0 Å². The Hall–Kier alpha value is -1.19. The number of hydrogen-bond donors (Lipinski definition) is 1. The van der Waals surface area contributed by atoms with Gasteiger partial charge in [0.05, 0.1) is 0 Å². The molecule has 0 spiro atoms. The Bertz CT molecular complexity index is 525. The largest absolute Gasteiger partial charge is 0.313 e. The highest BCUT2D eigenvalue weighted by Crippen LogP contribution is 2.20. The lowest BCUT2D eigenvalue weighted by atomic mass is 9.99. The molecule has 0 amide bonds. The molecule has 1 heterocycles. The molecule has 0 aliphatic rings. The first kappa shape index (κ1) is 13.2. The van der Waals surface area contributed by atoms with Crippen molar-refractivity contribution in [1.29, 1.82) is 0 Å². The number of aryl methyl sites for hydroxylation is 1. The molecular weight excluding hydrogens is 288 g/mol. The first-order valence-corrected chi connectivity index (χ1v) is 6.81. The van der Waals surface area contributed by atoms with Crippen molar-refractivity contribution >= 4 is 15.9 Å². The molecule has 0 aliphatic carbocycles. The Morgan fingerprint density at radius 2 is 2.11 bits per heavy atom. The smallest absolute Gasteiger partial charge is 0.0373 e. The van der Waals surface area contributed by atoms with Crippen molar-refractivity contribution < 1.29 is 0 Å². The van der Waals surface area contributed by atoms with E-state index in [0.717, 1.165) is 10.9 Å². The molecule has 2 rings (SSSR count). The van der Waals surface area contributed by atoms with E-state index in [9.17, 15) is 0 Å². The van der Waals surface area contributed by atoms with Crippen LogP contribution in [0.4, 0.5) is 0 Å². The number of aromatic nitrogens is 1. The van der Waals surface area contributed by atoms with Crippen molar-refractivity contribution in [3.8, 4) is 0 Å². The van der Waals surface area contributed by atoms with Gasteiger partial charge in [-0.3, -0.25) is 4.98 Å². The van der Waals surface area contributed by atoms with Crippen LogP contribution in [-0.4, -0.2) is 12.0 Å². The Morgan fingerprint density at radius 1 is 1.28 bits per heavy atom. The first-order chi connectivity index (χ1) is 8.69. The zero-order valence-electron chi connectivity index (χ0n) is 10.7. The maximum absolute atomic E-state index is 4.26. The summed E-state index contributed by atoms with van der Waals surface area (Å²) in [5, 5.41) is 3.36. The van der Waals surface area contributed by atoms with Crippen LogP contribution in [0.25, 0.3) is 0 Å². The van der Waals surface area contributed by atoms with Crippen LogP contribution in [0.1, 0.15) is 22.7 Å². The fourth-order valence-corrected chi connectivity index (χ4v) is 2.50. The van der Waals surface area contributed by atoms with E-state index in [0.29, 0.717) is 6.04 Å². The van der Waals surface area contributed by atoms with Crippen molar-refractivity contribution in [2.24, 2.45) is 0 Å². The maximum atomic E-state index is 4.26. The molecule has 0 bridgehead atoms. The summed E-state index contributed by atoms with van der Waals surface area (Å²) in [6, 6.07) is 10.9. The minimum Gasteiger partial charge on any atom is -0.313 e. The summed E-state index contributed by atoms with van der Waals surface area (Å²) in [7, 11) is 1.99. The number of hydrogen-bond acceptors (Lipinski definition) is 2. The summed E-state index contributed by atoms with van der Waals surface area (Å²) in [5.41, 5.74) is 3.74. The van der Waals surface area contributed by atoms with Crippen LogP contribution >= 0.6 is 15.9 Å². The van der Waals surface area contributed by atoms with Gasteiger partial charge < -0.3 is 5.32 Å². The number of nitrogens with zero attached hydrogens (tertiary/aromatic N) is 1. The molecule has 1 atom stereocenters. The van der Waals surface area contributed by atoms with Crippen molar-refractivity contribution in [1.82, 2.24) is 10.3 Å². The predicted octanol–water partition coefficient (Wildman–Crippen LogP) is 3.66. The van der Waals surface area contributed by atoms with E-state index in [-0.39, 0.29) is 0 Å². The van der Waals surface area contributed by atoms with Crippen LogP contribution in [0.3, 0.4) is 0 Å². The Morgan fingerprint density at radius 3 is 2.78 bits per heavy atom. The van der Waals surface area contributed by atoms with Crippen LogP contribution in [0, 0.1) is 6.92 Å². The number of halogens is 1. The van der Waals surface area contributed by atoms with Crippen LogP contribution in [0.15, 0.2) is 47.2 Å². The lowest BCUT2D eigenvalue weighted by molar-refractivity contribution is 0.589. The van der Waals surface area contributed by atoms with Gasteiger partial charge in [0, 0.05) is 22.9 Å². The zero-order valence-corrected chi connectivity index (χ0v) is 12.2. The summed E-state index contributed by atoms with van der Waals surface area (Å²) >= 11 is 3.51. The molecule has 94 valence electrons. The second-order valence-electron chi connectivity index (χ2n) is 4.47. The topological polar surface area (TPSA) is 24.9 Å². The molecule has 1 N–H and O–H groups in total. The molecular formula is C15H17BrN2. The van der Waals surface area contributed by atoms with Gasteiger partial charge >= 0.3 is 0 Å². The quantitative estimate of drug-likeness (QED) is 0.932. The number of pyridine rings is 1. The second kappa shape index (κ2) is 6.12. The van der Waals surface area contributed by atoms with Gasteiger partial charge in [-0.1, -0.05) is 34.1 Å². The summed E-state index contributed by atoms with van der Waals surface area (Å²) in [6.45, 7) is 2.07. The highest BCUT2D eigenvalue weighted by molar-refractivity contribution is 9.10. The van der Waals surface area contributed by atoms with Crippen molar-refractivity contribution in [3.63, 3.8) is 0 Å². The highest BCUT2D eigenvalue weighted by Gasteiger charge is 2.10. The van der Waals surface area contributed by atoms with E-state index in [2.05, 4.69) is 57.4 Å². The summed E-state index contributed by atoms with van der Waals surface area (Å²) in [5.74, 6) is 0. The molecule has 18 heavy (non-hydrogen) atoms. The molecule has 0 saturated heterocycles. The van der Waals surface area contributed by atoms with E-state index in [1.54, 1.807) is 0 Å². The van der Waals surface area contributed by atoms with E-state index >= 15 is 0 Å². The highest BCUT2D eigenvalue weighted by atomic mass is 79.9. The molecule has 1 aromatic carbocycles. The third-order valence-corrected chi connectivity index (χ3v) is 3.47. The minimum absolute atomic E-state index is 0.298. The van der Waals surface area contributed by atoms with Gasteiger partial charge in [-0.25, -0.2) is 0 Å². The normalized spacial score (nSPS) is 12.4. The van der Waals surface area contributed by atoms with Gasteiger partial charge in [-0.15, -0.1) is 0 Å². The lowest BCUT2D eigenvalue weighted by Crippen LogP contribution is -2.19. The van der Waals surface area contributed by atoms with E-state index in [1.807, 2.05) is 25.5 Å². The molecule has 2 aromatic rings. The van der Waals surface area contributed by atoms with Crippen molar-refractivity contribution in [2.75, 3.05) is 7.05 Å². The van der Waals surface area contributed by atoms with E-state index in [4.69, 9.17) is 0 Å².